The second-order valence-corrected chi connectivity index (χ2v) is 13.1. The van der Waals surface area contributed by atoms with Crippen molar-refractivity contribution in [3.8, 4) is 0 Å². The Morgan fingerprint density at radius 2 is 2.00 bits per heavy atom. The van der Waals surface area contributed by atoms with Crippen molar-refractivity contribution in [2.45, 2.75) is 76.6 Å². The van der Waals surface area contributed by atoms with E-state index in [-0.39, 0.29) is 31.4 Å². The summed E-state index contributed by atoms with van der Waals surface area (Å²) in [6.45, 7) is 5.18. The van der Waals surface area contributed by atoms with Crippen molar-refractivity contribution < 1.29 is 34.1 Å². The van der Waals surface area contributed by atoms with Gasteiger partial charge in [-0.2, -0.15) is 11.8 Å². The van der Waals surface area contributed by atoms with Crippen LogP contribution in [0, 0.1) is 11.8 Å². The van der Waals surface area contributed by atoms with Gasteiger partial charge in [0.15, 0.2) is 5.78 Å². The predicted octanol–water partition coefficient (Wildman–Crippen LogP) is 3.12. The van der Waals surface area contributed by atoms with Gasteiger partial charge in [-0.15, -0.1) is 11.3 Å². The molecule has 0 radical (unpaired) electrons. The van der Waals surface area contributed by atoms with Crippen molar-refractivity contribution in [2.75, 3.05) is 24.7 Å². The zero-order valence-electron chi connectivity index (χ0n) is 23.3. The summed E-state index contributed by atoms with van der Waals surface area (Å²) < 4.78 is 13.3. The van der Waals surface area contributed by atoms with Gasteiger partial charge in [-0.3, -0.25) is 14.4 Å². The number of thiophene rings is 1. The maximum Gasteiger partial charge on any atom is 0.261 e. The summed E-state index contributed by atoms with van der Waals surface area (Å²) in [6.07, 6.45) is -1.18. The Bertz CT molecular complexity index is 1150. The first-order valence-electron chi connectivity index (χ1n) is 14.0. The van der Waals surface area contributed by atoms with Crippen molar-refractivity contribution in [2.24, 2.45) is 11.8 Å². The van der Waals surface area contributed by atoms with Gasteiger partial charge >= 0.3 is 0 Å². The summed E-state index contributed by atoms with van der Waals surface area (Å²) in [5, 5.41) is 29.5. The smallest absolute Gasteiger partial charge is 0.261 e. The molecule has 2 aromatic rings. The van der Waals surface area contributed by atoms with Gasteiger partial charge in [0.25, 0.3) is 5.91 Å². The molecule has 2 fully saturated rings. The number of ketones is 1. The molecule has 1 aromatic carbocycles. The molecule has 2 amide bonds. The molecule has 1 saturated carbocycles. The zero-order valence-corrected chi connectivity index (χ0v) is 24.9. The summed E-state index contributed by atoms with van der Waals surface area (Å²) in [5.74, 6) is -1.20. The Labute approximate surface area is 243 Å². The van der Waals surface area contributed by atoms with Crippen molar-refractivity contribution >= 4 is 50.8 Å². The van der Waals surface area contributed by atoms with Crippen LogP contribution in [0.15, 0.2) is 30.3 Å². The highest BCUT2D eigenvalue weighted by molar-refractivity contribution is 7.99. The van der Waals surface area contributed by atoms with E-state index >= 15 is 0 Å². The van der Waals surface area contributed by atoms with Crippen molar-refractivity contribution in [3.05, 3.63) is 35.2 Å². The largest absolute Gasteiger partial charge is 0.391 e. The van der Waals surface area contributed by atoms with Crippen LogP contribution in [0.25, 0.3) is 10.1 Å². The standard InChI is InChI=1S/C29H40N2O7S2/c1-4-39-13-7-12-37-29(17(2)32)15-22(34)25(31-18(3)33)27(38-29)26(35)21(19-10-11-19)16-30-28(36)24-14-20-8-5-6-9-23(20)40-24/h5-6,8-9,14,19,21-22,25-27,34-35H,4,7,10-13,15-16H2,1-3H3,(H,30,36)(H,31,33). The number of aliphatic hydroxyl groups is 2. The number of nitrogens with one attached hydrogen (secondary N) is 2. The van der Waals surface area contributed by atoms with Gasteiger partial charge < -0.3 is 30.3 Å². The highest BCUT2D eigenvalue weighted by atomic mass is 32.2. The lowest BCUT2D eigenvalue weighted by Crippen LogP contribution is -2.67. The van der Waals surface area contributed by atoms with Crippen LogP contribution in [-0.2, 0) is 19.1 Å². The molecule has 4 rings (SSSR count). The van der Waals surface area contributed by atoms with Gasteiger partial charge in [-0.1, -0.05) is 25.1 Å². The van der Waals surface area contributed by atoms with E-state index in [0.717, 1.165) is 34.4 Å². The minimum absolute atomic E-state index is 0.136. The lowest BCUT2D eigenvalue weighted by atomic mass is 9.83. The number of rotatable bonds is 14. The number of carbonyl (C=O) groups excluding carboxylic acids is 3. The molecule has 0 bridgehead atoms. The average molecular weight is 593 g/mol. The monoisotopic (exact) mass is 592 g/mol. The lowest BCUT2D eigenvalue weighted by molar-refractivity contribution is -0.299. The highest BCUT2D eigenvalue weighted by Gasteiger charge is 2.55. The number of benzene rings is 1. The van der Waals surface area contributed by atoms with E-state index in [1.54, 1.807) is 11.8 Å². The highest BCUT2D eigenvalue weighted by Crippen LogP contribution is 2.42. The third kappa shape index (κ3) is 7.43. The van der Waals surface area contributed by atoms with E-state index in [1.807, 2.05) is 30.3 Å². The molecular weight excluding hydrogens is 552 g/mol. The van der Waals surface area contributed by atoms with Gasteiger partial charge in [0.1, 0.15) is 6.10 Å². The molecule has 6 atom stereocenters. The van der Waals surface area contributed by atoms with E-state index in [2.05, 4.69) is 17.6 Å². The number of hydrogen-bond acceptors (Lipinski definition) is 9. The van der Waals surface area contributed by atoms with Crippen LogP contribution in [0.5, 0.6) is 0 Å². The number of thioether (sulfide) groups is 1. The fourth-order valence-corrected chi connectivity index (χ4v) is 6.94. The van der Waals surface area contributed by atoms with Crippen molar-refractivity contribution in [1.82, 2.24) is 10.6 Å². The fraction of sp³-hybridized carbons (Fsp3) is 0.621. The Morgan fingerprint density at radius 1 is 1.25 bits per heavy atom. The molecule has 1 saturated heterocycles. The first-order chi connectivity index (χ1) is 19.1. The number of aliphatic hydroxyl groups excluding tert-OH is 2. The maximum absolute atomic E-state index is 13.0. The zero-order chi connectivity index (χ0) is 28.9. The quantitative estimate of drug-likeness (QED) is 0.246. The Morgan fingerprint density at radius 3 is 2.65 bits per heavy atom. The SMILES string of the molecule is CCSCCCOC1(C(C)=O)CC(O)C(NC(C)=O)C(C(O)C(CNC(=O)c2cc3ccccc3s2)C2CC2)O1. The molecule has 40 heavy (non-hydrogen) atoms. The topological polar surface area (TPSA) is 134 Å². The van der Waals surface area contributed by atoms with Crippen LogP contribution in [0.1, 0.15) is 56.1 Å². The van der Waals surface area contributed by atoms with Crippen LogP contribution < -0.4 is 10.6 Å². The third-order valence-electron chi connectivity index (χ3n) is 7.60. The lowest BCUT2D eigenvalue weighted by Gasteiger charge is -2.48. The van der Waals surface area contributed by atoms with Crippen molar-refractivity contribution in [3.63, 3.8) is 0 Å². The minimum atomic E-state index is -1.73. The van der Waals surface area contributed by atoms with E-state index in [0.29, 0.717) is 11.3 Å². The molecule has 220 valence electrons. The summed E-state index contributed by atoms with van der Waals surface area (Å²) in [6, 6.07) is 8.68. The van der Waals surface area contributed by atoms with Gasteiger partial charge in [-0.05, 0) is 54.2 Å². The maximum atomic E-state index is 13.0. The molecule has 11 heteroatoms. The molecule has 1 aliphatic carbocycles. The van der Waals surface area contributed by atoms with E-state index in [4.69, 9.17) is 9.47 Å². The molecule has 0 spiro atoms. The summed E-state index contributed by atoms with van der Waals surface area (Å²) in [4.78, 5) is 38.5. The van der Waals surface area contributed by atoms with Crippen molar-refractivity contribution in [1.29, 1.82) is 0 Å². The van der Waals surface area contributed by atoms with E-state index < -0.39 is 47.7 Å². The number of hydrogen-bond donors (Lipinski definition) is 4. The van der Waals surface area contributed by atoms with E-state index in [9.17, 15) is 24.6 Å². The third-order valence-corrected chi connectivity index (χ3v) is 9.70. The Kier molecular flexibility index (Phi) is 10.6. The first-order valence-corrected chi connectivity index (χ1v) is 15.9. The average Bonchev–Trinajstić information content (AvgIpc) is 3.66. The van der Waals surface area contributed by atoms with Crippen LogP contribution in [0.4, 0.5) is 0 Å². The molecular formula is C29H40N2O7S2. The normalized spacial score (nSPS) is 26.3. The minimum Gasteiger partial charge on any atom is -0.391 e. The summed E-state index contributed by atoms with van der Waals surface area (Å²) in [7, 11) is 0. The Hall–Kier alpha value is -2.02. The van der Waals surface area contributed by atoms with Crippen LogP contribution in [0.2, 0.25) is 0 Å². The van der Waals surface area contributed by atoms with E-state index in [1.165, 1.54) is 25.2 Å². The second kappa shape index (κ2) is 13.8. The molecule has 6 unspecified atom stereocenters. The summed E-state index contributed by atoms with van der Waals surface area (Å²) in [5.41, 5.74) is 0. The van der Waals surface area contributed by atoms with Crippen LogP contribution in [0.3, 0.4) is 0 Å². The summed E-state index contributed by atoms with van der Waals surface area (Å²) >= 11 is 3.17. The molecule has 2 heterocycles. The number of carbonyl (C=O) groups is 3. The Balaban J connectivity index is 1.51. The number of ether oxygens (including phenoxy) is 2. The van der Waals surface area contributed by atoms with Gasteiger partial charge in [-0.25, -0.2) is 0 Å². The molecule has 1 aliphatic heterocycles. The first kappa shape index (κ1) is 30.9. The van der Waals surface area contributed by atoms with Crippen LogP contribution in [-0.4, -0.2) is 82.6 Å². The number of amides is 2. The molecule has 1 aromatic heterocycles. The fourth-order valence-electron chi connectivity index (χ4n) is 5.35. The number of fused-ring (bicyclic) bond motifs is 1. The second-order valence-electron chi connectivity index (χ2n) is 10.6. The molecule has 4 N–H and O–H groups in total. The number of Topliss-reactive ketones (excluding diaryl/α,β-unsaturated/α-hetero) is 1. The predicted molar refractivity (Wildman–Crippen MR) is 156 cm³/mol. The van der Waals surface area contributed by atoms with Gasteiger partial charge in [0.05, 0.1) is 29.7 Å². The molecule has 9 nitrogen and oxygen atoms in total. The van der Waals surface area contributed by atoms with Crippen LogP contribution >= 0.6 is 23.1 Å². The van der Waals surface area contributed by atoms with Gasteiger partial charge in [0, 0.05) is 37.4 Å². The molecule has 2 aliphatic rings. The van der Waals surface area contributed by atoms with Gasteiger partial charge in [0.2, 0.25) is 11.7 Å².